The summed E-state index contributed by atoms with van der Waals surface area (Å²) in [6.45, 7) is 5.51. The third-order valence-electron chi connectivity index (χ3n) is 3.39. The number of aryl methyl sites for hydroxylation is 1. The molecule has 0 aliphatic heterocycles. The molecule has 0 amide bonds. The van der Waals surface area contributed by atoms with Crippen LogP contribution in [-0.4, -0.2) is 25.4 Å². The summed E-state index contributed by atoms with van der Waals surface area (Å²) in [5.41, 5.74) is 1.46. The fourth-order valence-electron chi connectivity index (χ4n) is 2.09. The van der Waals surface area contributed by atoms with Crippen LogP contribution in [0.25, 0.3) is 0 Å². The van der Waals surface area contributed by atoms with Crippen LogP contribution in [0.3, 0.4) is 0 Å². The van der Waals surface area contributed by atoms with Crippen molar-refractivity contribution in [1.82, 2.24) is 0 Å². The average molecular weight is 320 g/mol. The van der Waals surface area contributed by atoms with Crippen LogP contribution in [0.4, 0.5) is 0 Å². The topological polar surface area (TPSA) is 63.6 Å². The minimum absolute atomic E-state index is 0.0211. The number of carboxylic acids is 1. The SMILES string of the molecule is CC(=CCC(=O)O[Si](C)(C)CCCc1ccccc1)C(=O)O. The Morgan fingerprint density at radius 3 is 2.45 bits per heavy atom. The summed E-state index contributed by atoms with van der Waals surface area (Å²) in [4.78, 5) is 22.5. The van der Waals surface area contributed by atoms with Crippen LogP contribution >= 0.6 is 0 Å². The Bertz CT molecular complexity index is 535. The molecule has 0 saturated heterocycles. The number of rotatable bonds is 8. The number of carbonyl (C=O) groups excluding carboxylic acids is 1. The quantitative estimate of drug-likeness (QED) is 0.585. The Labute approximate surface area is 132 Å². The Morgan fingerprint density at radius 1 is 1.23 bits per heavy atom. The fourth-order valence-corrected chi connectivity index (χ4v) is 3.92. The zero-order valence-corrected chi connectivity index (χ0v) is 14.5. The third kappa shape index (κ3) is 7.22. The van der Waals surface area contributed by atoms with Gasteiger partial charge in [-0.2, -0.15) is 0 Å². The number of hydrogen-bond donors (Lipinski definition) is 1. The second-order valence-electron chi connectivity index (χ2n) is 5.97. The molecular formula is C17H24O4Si. The highest BCUT2D eigenvalue weighted by Crippen LogP contribution is 2.17. The number of carbonyl (C=O) groups is 2. The van der Waals surface area contributed by atoms with Gasteiger partial charge >= 0.3 is 5.97 Å². The molecule has 0 unspecified atom stereocenters. The van der Waals surface area contributed by atoms with Gasteiger partial charge in [-0.3, -0.25) is 4.79 Å². The summed E-state index contributed by atoms with van der Waals surface area (Å²) in [5, 5.41) is 8.74. The van der Waals surface area contributed by atoms with Gasteiger partial charge in [0.05, 0.1) is 6.42 Å². The molecule has 0 radical (unpaired) electrons. The van der Waals surface area contributed by atoms with Crippen molar-refractivity contribution in [3.63, 3.8) is 0 Å². The molecule has 0 atom stereocenters. The molecule has 120 valence electrons. The highest BCUT2D eigenvalue weighted by molar-refractivity contribution is 6.72. The predicted molar refractivity (Wildman–Crippen MR) is 89.2 cm³/mol. The van der Waals surface area contributed by atoms with E-state index in [1.807, 2.05) is 31.3 Å². The molecule has 0 bridgehead atoms. The molecule has 1 N–H and O–H groups in total. The second-order valence-corrected chi connectivity index (χ2v) is 10.2. The van der Waals surface area contributed by atoms with E-state index in [1.54, 1.807) is 0 Å². The zero-order valence-electron chi connectivity index (χ0n) is 13.5. The van der Waals surface area contributed by atoms with E-state index in [-0.39, 0.29) is 18.0 Å². The van der Waals surface area contributed by atoms with Crippen molar-refractivity contribution in [2.45, 2.75) is 45.3 Å². The van der Waals surface area contributed by atoms with E-state index in [0.29, 0.717) is 0 Å². The number of hydrogen-bond acceptors (Lipinski definition) is 3. The lowest BCUT2D eigenvalue weighted by Crippen LogP contribution is -2.33. The minimum atomic E-state index is -2.05. The van der Waals surface area contributed by atoms with Crippen LogP contribution < -0.4 is 0 Å². The summed E-state index contributed by atoms with van der Waals surface area (Å²) in [6, 6.07) is 11.1. The van der Waals surface area contributed by atoms with Crippen molar-refractivity contribution in [1.29, 1.82) is 0 Å². The van der Waals surface area contributed by atoms with Crippen LogP contribution in [0, 0.1) is 0 Å². The van der Waals surface area contributed by atoms with Crippen LogP contribution in [0.2, 0.25) is 19.1 Å². The number of carboxylic acid groups (broad SMARTS) is 1. The summed E-state index contributed by atoms with van der Waals surface area (Å²) in [6.07, 6.45) is 3.39. The van der Waals surface area contributed by atoms with Gasteiger partial charge in [-0.1, -0.05) is 36.4 Å². The van der Waals surface area contributed by atoms with Crippen LogP contribution in [0.15, 0.2) is 42.0 Å². The van der Waals surface area contributed by atoms with Crippen molar-refractivity contribution in [2.75, 3.05) is 0 Å². The van der Waals surface area contributed by atoms with Crippen molar-refractivity contribution in [2.24, 2.45) is 0 Å². The van der Waals surface area contributed by atoms with E-state index in [4.69, 9.17) is 9.53 Å². The molecule has 0 spiro atoms. The first-order chi connectivity index (χ1) is 10.3. The lowest BCUT2D eigenvalue weighted by atomic mass is 10.1. The smallest absolute Gasteiger partial charge is 0.330 e. The van der Waals surface area contributed by atoms with Crippen molar-refractivity contribution in [3.8, 4) is 0 Å². The average Bonchev–Trinajstić information content (AvgIpc) is 2.45. The number of aliphatic carboxylic acids is 1. The minimum Gasteiger partial charge on any atom is -0.519 e. The van der Waals surface area contributed by atoms with Crippen molar-refractivity contribution in [3.05, 3.63) is 47.5 Å². The maximum absolute atomic E-state index is 11.8. The Hall–Kier alpha value is -1.88. The molecule has 22 heavy (non-hydrogen) atoms. The van der Waals surface area contributed by atoms with E-state index in [1.165, 1.54) is 18.6 Å². The van der Waals surface area contributed by atoms with Gasteiger partial charge in [-0.15, -0.1) is 0 Å². The number of benzene rings is 1. The van der Waals surface area contributed by atoms with Gasteiger partial charge in [0.25, 0.3) is 5.97 Å². The molecule has 0 aliphatic carbocycles. The third-order valence-corrected chi connectivity index (χ3v) is 5.73. The van der Waals surface area contributed by atoms with Gasteiger partial charge in [0, 0.05) is 5.57 Å². The molecule has 1 aromatic carbocycles. The van der Waals surface area contributed by atoms with Gasteiger partial charge in [-0.05, 0) is 44.5 Å². The van der Waals surface area contributed by atoms with E-state index >= 15 is 0 Å². The molecule has 0 fully saturated rings. The van der Waals surface area contributed by atoms with Crippen LogP contribution in [0.5, 0.6) is 0 Å². The van der Waals surface area contributed by atoms with Crippen molar-refractivity contribution < 1.29 is 19.1 Å². The first-order valence-electron chi connectivity index (χ1n) is 7.46. The van der Waals surface area contributed by atoms with E-state index in [2.05, 4.69) is 12.1 Å². The lowest BCUT2D eigenvalue weighted by Gasteiger charge is -2.22. The summed E-state index contributed by atoms with van der Waals surface area (Å²) in [5.74, 6) is -1.34. The van der Waals surface area contributed by atoms with Gasteiger partial charge < -0.3 is 9.53 Å². The van der Waals surface area contributed by atoms with Crippen molar-refractivity contribution >= 4 is 20.3 Å². The lowest BCUT2D eigenvalue weighted by molar-refractivity contribution is -0.134. The second kappa shape index (κ2) is 8.53. The summed E-state index contributed by atoms with van der Waals surface area (Å²) >= 11 is 0. The van der Waals surface area contributed by atoms with E-state index < -0.39 is 14.3 Å². The highest BCUT2D eigenvalue weighted by atomic mass is 28.4. The van der Waals surface area contributed by atoms with Crippen LogP contribution in [0.1, 0.15) is 25.3 Å². The van der Waals surface area contributed by atoms with Crippen LogP contribution in [-0.2, 0) is 20.4 Å². The molecule has 0 saturated carbocycles. The van der Waals surface area contributed by atoms with Gasteiger partial charge in [0.1, 0.15) is 0 Å². The first kappa shape index (κ1) is 18.2. The molecule has 0 aromatic heterocycles. The molecule has 1 aromatic rings. The maximum atomic E-state index is 11.8. The Kier molecular flexibility index (Phi) is 7.05. The molecule has 1 rings (SSSR count). The summed E-state index contributed by atoms with van der Waals surface area (Å²) in [7, 11) is -2.05. The normalized spacial score (nSPS) is 12.0. The monoisotopic (exact) mass is 320 g/mol. The Balaban J connectivity index is 2.38. The van der Waals surface area contributed by atoms with E-state index in [9.17, 15) is 9.59 Å². The van der Waals surface area contributed by atoms with Gasteiger partial charge in [0.15, 0.2) is 0 Å². The van der Waals surface area contributed by atoms with E-state index in [0.717, 1.165) is 18.9 Å². The molecule has 4 nitrogen and oxygen atoms in total. The zero-order chi connectivity index (χ0) is 16.6. The van der Waals surface area contributed by atoms with Gasteiger partial charge in [0.2, 0.25) is 8.32 Å². The standard InChI is InChI=1S/C17H24O4Si/c1-14(17(19)20)11-12-16(18)21-22(2,3)13-7-10-15-8-5-4-6-9-15/h4-6,8-9,11H,7,10,12-13H2,1-3H3,(H,19,20). The highest BCUT2D eigenvalue weighted by Gasteiger charge is 2.26. The van der Waals surface area contributed by atoms with Gasteiger partial charge in [-0.25, -0.2) is 4.79 Å². The predicted octanol–water partition coefficient (Wildman–Crippen LogP) is 3.79. The molecule has 0 heterocycles. The fraction of sp³-hybridized carbons (Fsp3) is 0.412. The molecular weight excluding hydrogens is 296 g/mol. The largest absolute Gasteiger partial charge is 0.519 e. The Morgan fingerprint density at radius 2 is 1.86 bits per heavy atom. The molecule has 5 heteroatoms. The first-order valence-corrected chi connectivity index (χ1v) is 10.6. The summed E-state index contributed by atoms with van der Waals surface area (Å²) < 4.78 is 5.57. The maximum Gasteiger partial charge on any atom is 0.330 e. The molecule has 0 aliphatic rings.